The molecule has 0 aliphatic heterocycles. The smallest absolute Gasteiger partial charge is 0.178 e. The molecule has 3 heteroatoms. The minimum atomic E-state index is 0.447. The zero-order valence-corrected chi connectivity index (χ0v) is 8.19. The molecule has 14 heavy (non-hydrogen) atoms. The lowest BCUT2D eigenvalue weighted by molar-refractivity contribution is 0.112. The summed E-state index contributed by atoms with van der Waals surface area (Å²) < 4.78 is 10.3. The number of para-hydroxylation sites is 1. The number of hydrogen-bond acceptors (Lipinski definition) is 3. The number of carbonyl (C=O) groups excluding carboxylic acids is 1. The highest BCUT2D eigenvalue weighted by atomic mass is 16.5. The Kier molecular flexibility index (Phi) is 3.73. The van der Waals surface area contributed by atoms with Gasteiger partial charge in [0, 0.05) is 0 Å². The Morgan fingerprint density at radius 3 is 2.71 bits per heavy atom. The molecule has 3 nitrogen and oxygen atoms in total. The molecule has 0 bridgehead atoms. The lowest BCUT2D eigenvalue weighted by Gasteiger charge is -2.08. The second-order valence-electron chi connectivity index (χ2n) is 2.58. The van der Waals surface area contributed by atoms with Gasteiger partial charge in [-0.2, -0.15) is 0 Å². The van der Waals surface area contributed by atoms with Crippen LogP contribution in [0, 0.1) is 0 Å². The Morgan fingerprint density at radius 2 is 2.14 bits per heavy atom. The molecule has 0 saturated heterocycles. The fraction of sp³-hybridized carbons (Fsp3) is 0.182. The summed E-state index contributed by atoms with van der Waals surface area (Å²) >= 11 is 0. The number of hydrogen-bond donors (Lipinski definition) is 0. The highest BCUT2D eigenvalue weighted by Crippen LogP contribution is 2.29. The van der Waals surface area contributed by atoms with E-state index in [4.69, 9.17) is 9.47 Å². The van der Waals surface area contributed by atoms with Gasteiger partial charge in [-0.3, -0.25) is 4.79 Å². The van der Waals surface area contributed by atoms with Gasteiger partial charge >= 0.3 is 0 Å². The molecule has 0 N–H and O–H groups in total. The van der Waals surface area contributed by atoms with E-state index < -0.39 is 0 Å². The number of rotatable bonds is 4. The Labute approximate surface area is 83.0 Å². The van der Waals surface area contributed by atoms with Crippen LogP contribution in [0.1, 0.15) is 17.3 Å². The van der Waals surface area contributed by atoms with E-state index in [-0.39, 0.29) is 0 Å². The molecule has 0 amide bonds. The Balaban J connectivity index is 3.11. The van der Waals surface area contributed by atoms with Gasteiger partial charge in [0.05, 0.1) is 18.9 Å². The molecule has 0 fully saturated rings. The van der Waals surface area contributed by atoms with Crippen LogP contribution in [0.2, 0.25) is 0 Å². The van der Waals surface area contributed by atoms with Gasteiger partial charge in [0.2, 0.25) is 0 Å². The van der Waals surface area contributed by atoms with Crippen molar-refractivity contribution in [3.63, 3.8) is 0 Å². The first-order chi connectivity index (χ1) is 6.83. The quantitative estimate of drug-likeness (QED) is 0.543. The first kappa shape index (κ1) is 10.3. The summed E-state index contributed by atoms with van der Waals surface area (Å²) in [6, 6.07) is 5.16. The van der Waals surface area contributed by atoms with Crippen LogP contribution >= 0.6 is 0 Å². The Morgan fingerprint density at radius 1 is 1.36 bits per heavy atom. The van der Waals surface area contributed by atoms with Crippen LogP contribution in [0.25, 0.3) is 0 Å². The molecule has 0 aliphatic carbocycles. The van der Waals surface area contributed by atoms with Gasteiger partial charge in [0.25, 0.3) is 0 Å². The first-order valence-electron chi connectivity index (χ1n) is 4.23. The fourth-order valence-corrected chi connectivity index (χ4v) is 1.05. The highest BCUT2D eigenvalue weighted by molar-refractivity contribution is 5.81. The SMILES string of the molecule is CC=COc1c(C=O)cccc1OC. The second-order valence-corrected chi connectivity index (χ2v) is 2.58. The average Bonchev–Trinajstić information content (AvgIpc) is 2.25. The van der Waals surface area contributed by atoms with Gasteiger partial charge in [-0.25, -0.2) is 0 Å². The summed E-state index contributed by atoms with van der Waals surface area (Å²) in [6.45, 7) is 1.83. The van der Waals surface area contributed by atoms with Crippen LogP contribution in [0.15, 0.2) is 30.5 Å². The third kappa shape index (κ3) is 2.13. The van der Waals surface area contributed by atoms with E-state index in [0.717, 1.165) is 6.29 Å². The van der Waals surface area contributed by atoms with Crippen molar-refractivity contribution in [2.45, 2.75) is 6.92 Å². The van der Waals surface area contributed by atoms with Crippen molar-refractivity contribution in [1.29, 1.82) is 0 Å². The van der Waals surface area contributed by atoms with Crippen LogP contribution in [0.4, 0.5) is 0 Å². The van der Waals surface area contributed by atoms with Crippen LogP contribution in [-0.2, 0) is 0 Å². The minimum absolute atomic E-state index is 0.447. The number of methoxy groups -OCH3 is 1. The second kappa shape index (κ2) is 5.07. The summed E-state index contributed by atoms with van der Waals surface area (Å²) in [5, 5.41) is 0. The molecule has 0 saturated carbocycles. The average molecular weight is 192 g/mol. The molecule has 0 atom stereocenters. The van der Waals surface area contributed by atoms with Crippen molar-refractivity contribution < 1.29 is 14.3 Å². The monoisotopic (exact) mass is 192 g/mol. The summed E-state index contributed by atoms with van der Waals surface area (Å²) in [5.74, 6) is 0.996. The maximum absolute atomic E-state index is 10.7. The van der Waals surface area contributed by atoms with Gasteiger partial charge in [0.1, 0.15) is 0 Å². The first-order valence-corrected chi connectivity index (χ1v) is 4.23. The molecule has 74 valence electrons. The molecule has 0 aromatic heterocycles. The molecule has 1 rings (SSSR count). The molecule has 1 aromatic rings. The third-order valence-corrected chi connectivity index (χ3v) is 1.68. The van der Waals surface area contributed by atoms with Crippen molar-refractivity contribution in [3.8, 4) is 11.5 Å². The van der Waals surface area contributed by atoms with E-state index in [9.17, 15) is 4.79 Å². The van der Waals surface area contributed by atoms with Crippen molar-refractivity contribution in [3.05, 3.63) is 36.1 Å². The topological polar surface area (TPSA) is 35.5 Å². The lowest BCUT2D eigenvalue weighted by atomic mass is 10.2. The predicted molar refractivity (Wildman–Crippen MR) is 53.8 cm³/mol. The number of allylic oxidation sites excluding steroid dienone is 1. The lowest BCUT2D eigenvalue weighted by Crippen LogP contribution is -1.93. The van der Waals surface area contributed by atoms with Crippen molar-refractivity contribution in [2.24, 2.45) is 0 Å². The number of aldehydes is 1. The van der Waals surface area contributed by atoms with Crippen LogP contribution < -0.4 is 9.47 Å². The molecular formula is C11H12O3. The Hall–Kier alpha value is -1.77. The molecule has 0 radical (unpaired) electrons. The predicted octanol–water partition coefficient (Wildman–Crippen LogP) is 2.42. The van der Waals surface area contributed by atoms with Gasteiger partial charge < -0.3 is 9.47 Å². The summed E-state index contributed by atoms with van der Waals surface area (Å²) in [5.41, 5.74) is 0.474. The summed E-state index contributed by atoms with van der Waals surface area (Å²) in [4.78, 5) is 10.7. The Bertz CT molecular complexity index is 342. The van der Waals surface area contributed by atoms with E-state index in [0.29, 0.717) is 17.1 Å². The van der Waals surface area contributed by atoms with Crippen LogP contribution in [0.5, 0.6) is 11.5 Å². The van der Waals surface area contributed by atoms with E-state index in [1.54, 1.807) is 24.3 Å². The van der Waals surface area contributed by atoms with E-state index in [1.807, 2.05) is 6.92 Å². The molecule has 0 heterocycles. The van der Waals surface area contributed by atoms with Crippen LogP contribution in [0.3, 0.4) is 0 Å². The maximum atomic E-state index is 10.7. The van der Waals surface area contributed by atoms with E-state index >= 15 is 0 Å². The van der Waals surface area contributed by atoms with Gasteiger partial charge in [-0.05, 0) is 19.1 Å². The van der Waals surface area contributed by atoms with E-state index in [2.05, 4.69) is 0 Å². The molecule has 1 aromatic carbocycles. The zero-order valence-electron chi connectivity index (χ0n) is 8.19. The van der Waals surface area contributed by atoms with Gasteiger partial charge in [0.15, 0.2) is 17.8 Å². The number of ether oxygens (including phenoxy) is 2. The van der Waals surface area contributed by atoms with Gasteiger partial charge in [-0.1, -0.05) is 12.1 Å². The van der Waals surface area contributed by atoms with Crippen molar-refractivity contribution in [2.75, 3.05) is 7.11 Å². The molecule has 0 aliphatic rings. The van der Waals surface area contributed by atoms with Crippen molar-refractivity contribution >= 4 is 6.29 Å². The number of carbonyl (C=O) groups is 1. The fourth-order valence-electron chi connectivity index (χ4n) is 1.05. The largest absolute Gasteiger partial charge is 0.493 e. The number of benzene rings is 1. The molecule has 0 spiro atoms. The highest BCUT2D eigenvalue weighted by Gasteiger charge is 2.08. The zero-order chi connectivity index (χ0) is 10.4. The molecule has 0 unspecified atom stereocenters. The van der Waals surface area contributed by atoms with Crippen molar-refractivity contribution in [1.82, 2.24) is 0 Å². The summed E-state index contributed by atoms with van der Waals surface area (Å²) in [6.07, 6.45) is 3.98. The third-order valence-electron chi connectivity index (χ3n) is 1.68. The minimum Gasteiger partial charge on any atom is -0.493 e. The van der Waals surface area contributed by atoms with E-state index in [1.165, 1.54) is 13.4 Å². The summed E-state index contributed by atoms with van der Waals surface area (Å²) in [7, 11) is 1.53. The standard InChI is InChI=1S/C11H12O3/c1-3-7-14-11-9(8-12)5-4-6-10(11)13-2/h3-8H,1-2H3. The molecular weight excluding hydrogens is 180 g/mol. The van der Waals surface area contributed by atoms with Gasteiger partial charge in [-0.15, -0.1) is 0 Å². The normalized spacial score (nSPS) is 10.1. The maximum Gasteiger partial charge on any atom is 0.178 e. The van der Waals surface area contributed by atoms with Crippen LogP contribution in [-0.4, -0.2) is 13.4 Å².